The molecule has 0 bridgehead atoms. The SMILES string of the molecule is CC(=O)N(c1ccc(F)cc1)c1nc(Cn2cc(Cn3cnc4c(N)ncnc43)nn2)cs1. The number of amides is 1. The summed E-state index contributed by atoms with van der Waals surface area (Å²) < 4.78 is 16.7. The molecule has 166 valence electrons. The molecule has 4 heterocycles. The maximum absolute atomic E-state index is 13.3. The maximum Gasteiger partial charge on any atom is 0.230 e. The minimum Gasteiger partial charge on any atom is -0.382 e. The summed E-state index contributed by atoms with van der Waals surface area (Å²) in [5.41, 5.74) is 8.96. The van der Waals surface area contributed by atoms with E-state index in [0.29, 0.717) is 52.3 Å². The van der Waals surface area contributed by atoms with Gasteiger partial charge < -0.3 is 10.3 Å². The number of nitrogens with two attached hydrogens (primary N) is 1. The Hall–Kier alpha value is -4.26. The molecule has 0 saturated carbocycles. The number of fused-ring (bicyclic) bond motifs is 1. The second-order valence-corrected chi connectivity index (χ2v) is 8.00. The number of halogens is 1. The molecular weight excluding hydrogens is 447 g/mol. The van der Waals surface area contributed by atoms with Crippen molar-refractivity contribution in [3.8, 4) is 0 Å². The molecule has 5 rings (SSSR count). The first-order valence-electron chi connectivity index (χ1n) is 9.79. The fourth-order valence-corrected chi connectivity index (χ4v) is 4.21. The molecule has 13 heteroatoms. The highest BCUT2D eigenvalue weighted by atomic mass is 32.1. The van der Waals surface area contributed by atoms with Crippen LogP contribution in [0.5, 0.6) is 0 Å². The van der Waals surface area contributed by atoms with Crippen LogP contribution >= 0.6 is 11.3 Å². The molecule has 0 aliphatic rings. The molecule has 0 aliphatic carbocycles. The summed E-state index contributed by atoms with van der Waals surface area (Å²) in [4.78, 5) is 30.6. The number of nitrogen functional groups attached to an aromatic ring is 1. The van der Waals surface area contributed by atoms with Crippen LogP contribution in [0.3, 0.4) is 0 Å². The highest BCUT2D eigenvalue weighted by molar-refractivity contribution is 7.14. The number of hydrogen-bond donors (Lipinski definition) is 1. The van der Waals surface area contributed by atoms with Crippen LogP contribution in [0, 0.1) is 5.82 Å². The zero-order valence-corrected chi connectivity index (χ0v) is 18.1. The fourth-order valence-electron chi connectivity index (χ4n) is 3.33. The molecule has 0 aliphatic heterocycles. The van der Waals surface area contributed by atoms with E-state index in [1.165, 1.54) is 41.6 Å². The third kappa shape index (κ3) is 4.13. The van der Waals surface area contributed by atoms with Gasteiger partial charge in [-0.3, -0.25) is 9.69 Å². The van der Waals surface area contributed by atoms with Crippen molar-refractivity contribution < 1.29 is 9.18 Å². The standard InChI is InChI=1S/C20H17FN10OS/c1-12(32)31(16-4-2-13(21)3-5-16)20-26-15(9-33-20)8-30-7-14(27-28-30)6-29-11-25-17-18(22)23-10-24-19(17)29/h2-5,7,9-11H,6,8H2,1H3,(H2,22,23,24). The first-order chi connectivity index (χ1) is 16.0. The first kappa shape index (κ1) is 20.6. The molecule has 0 unspecified atom stereocenters. The zero-order valence-electron chi connectivity index (χ0n) is 17.3. The number of imidazole rings is 1. The van der Waals surface area contributed by atoms with Crippen LogP contribution in [-0.2, 0) is 17.9 Å². The lowest BCUT2D eigenvalue weighted by Crippen LogP contribution is -2.22. The highest BCUT2D eigenvalue weighted by Gasteiger charge is 2.18. The van der Waals surface area contributed by atoms with E-state index in [1.807, 2.05) is 9.95 Å². The summed E-state index contributed by atoms with van der Waals surface area (Å²) in [6.45, 7) is 2.23. The van der Waals surface area contributed by atoms with E-state index in [2.05, 4.69) is 30.2 Å². The minimum absolute atomic E-state index is 0.220. The van der Waals surface area contributed by atoms with Gasteiger partial charge in [0.1, 0.15) is 23.4 Å². The Morgan fingerprint density at radius 1 is 1.15 bits per heavy atom. The van der Waals surface area contributed by atoms with E-state index in [0.717, 1.165) is 0 Å². The molecule has 0 saturated heterocycles. The van der Waals surface area contributed by atoms with Gasteiger partial charge in [-0.05, 0) is 24.3 Å². The second kappa shape index (κ2) is 8.35. The second-order valence-electron chi connectivity index (χ2n) is 7.16. The van der Waals surface area contributed by atoms with Gasteiger partial charge in [0.2, 0.25) is 5.91 Å². The van der Waals surface area contributed by atoms with Gasteiger partial charge in [-0.1, -0.05) is 5.21 Å². The lowest BCUT2D eigenvalue weighted by atomic mass is 10.3. The van der Waals surface area contributed by atoms with Crippen LogP contribution in [0.15, 0.2) is 48.5 Å². The maximum atomic E-state index is 13.3. The Morgan fingerprint density at radius 2 is 1.97 bits per heavy atom. The average Bonchev–Trinajstić information content (AvgIpc) is 3.52. The van der Waals surface area contributed by atoms with E-state index in [-0.39, 0.29) is 11.7 Å². The summed E-state index contributed by atoms with van der Waals surface area (Å²) in [6, 6.07) is 5.70. The van der Waals surface area contributed by atoms with Crippen molar-refractivity contribution in [1.29, 1.82) is 0 Å². The summed E-state index contributed by atoms with van der Waals surface area (Å²) in [6.07, 6.45) is 4.83. The van der Waals surface area contributed by atoms with Gasteiger partial charge in [0, 0.05) is 12.3 Å². The molecule has 33 heavy (non-hydrogen) atoms. The van der Waals surface area contributed by atoms with E-state index < -0.39 is 0 Å². The van der Waals surface area contributed by atoms with Crippen molar-refractivity contribution in [3.05, 3.63) is 65.7 Å². The fraction of sp³-hybridized carbons (Fsp3) is 0.150. The average molecular weight is 464 g/mol. The van der Waals surface area contributed by atoms with Crippen LogP contribution in [-0.4, -0.2) is 45.4 Å². The van der Waals surface area contributed by atoms with Gasteiger partial charge in [-0.2, -0.15) is 0 Å². The zero-order chi connectivity index (χ0) is 22.9. The van der Waals surface area contributed by atoms with Gasteiger partial charge in [0.15, 0.2) is 16.6 Å². The van der Waals surface area contributed by atoms with Crippen molar-refractivity contribution in [2.24, 2.45) is 0 Å². The molecule has 11 nitrogen and oxygen atoms in total. The molecule has 0 radical (unpaired) electrons. The topological polar surface area (TPSA) is 134 Å². The van der Waals surface area contributed by atoms with E-state index in [4.69, 9.17) is 5.73 Å². The predicted molar refractivity (Wildman–Crippen MR) is 119 cm³/mol. The lowest BCUT2D eigenvalue weighted by molar-refractivity contribution is -0.115. The van der Waals surface area contributed by atoms with Crippen LogP contribution < -0.4 is 10.6 Å². The molecule has 4 aromatic heterocycles. The van der Waals surface area contributed by atoms with Crippen molar-refractivity contribution in [2.75, 3.05) is 10.6 Å². The van der Waals surface area contributed by atoms with E-state index in [9.17, 15) is 9.18 Å². The van der Waals surface area contributed by atoms with Gasteiger partial charge in [0.05, 0.1) is 37.0 Å². The Bertz CT molecular complexity index is 1440. The number of carbonyl (C=O) groups excluding carboxylic acids is 1. The minimum atomic E-state index is -0.372. The normalized spacial score (nSPS) is 11.2. The summed E-state index contributed by atoms with van der Waals surface area (Å²) in [7, 11) is 0. The third-order valence-corrected chi connectivity index (χ3v) is 5.68. The molecule has 2 N–H and O–H groups in total. The Kier molecular flexibility index (Phi) is 5.22. The van der Waals surface area contributed by atoms with Gasteiger partial charge >= 0.3 is 0 Å². The smallest absolute Gasteiger partial charge is 0.230 e. The number of anilines is 3. The Labute approximate surface area is 190 Å². The molecule has 0 atom stereocenters. The molecule has 0 fully saturated rings. The number of nitrogens with zero attached hydrogens (tertiary/aromatic N) is 9. The third-order valence-electron chi connectivity index (χ3n) is 4.80. The van der Waals surface area contributed by atoms with Gasteiger partial charge in [-0.15, -0.1) is 16.4 Å². The predicted octanol–water partition coefficient (Wildman–Crippen LogP) is 2.38. The Balaban J connectivity index is 1.32. The lowest BCUT2D eigenvalue weighted by Gasteiger charge is -2.17. The summed E-state index contributed by atoms with van der Waals surface area (Å²) in [5.74, 6) is -0.270. The molecule has 1 aromatic carbocycles. The largest absolute Gasteiger partial charge is 0.382 e. The van der Waals surface area contributed by atoms with Crippen LogP contribution in [0.1, 0.15) is 18.3 Å². The van der Waals surface area contributed by atoms with Crippen molar-refractivity contribution in [2.45, 2.75) is 20.0 Å². The number of rotatable bonds is 6. The summed E-state index contributed by atoms with van der Waals surface area (Å²) >= 11 is 1.32. The number of carbonyl (C=O) groups is 1. The number of aromatic nitrogens is 8. The van der Waals surface area contributed by atoms with E-state index >= 15 is 0 Å². The van der Waals surface area contributed by atoms with Gasteiger partial charge in [0.25, 0.3) is 0 Å². The Morgan fingerprint density at radius 3 is 2.76 bits per heavy atom. The van der Waals surface area contributed by atoms with Crippen LogP contribution in [0.25, 0.3) is 11.2 Å². The van der Waals surface area contributed by atoms with Crippen molar-refractivity contribution in [1.82, 2.24) is 39.5 Å². The first-order valence-corrected chi connectivity index (χ1v) is 10.7. The number of benzene rings is 1. The molecular formula is C20H17FN10OS. The van der Waals surface area contributed by atoms with Crippen LogP contribution in [0.4, 0.5) is 21.0 Å². The van der Waals surface area contributed by atoms with Crippen molar-refractivity contribution >= 4 is 45.0 Å². The van der Waals surface area contributed by atoms with E-state index in [1.54, 1.807) is 29.3 Å². The monoisotopic (exact) mass is 464 g/mol. The number of hydrogen-bond acceptors (Lipinski definition) is 9. The molecule has 0 spiro atoms. The molecule has 5 aromatic rings. The number of thiazole rings is 1. The van der Waals surface area contributed by atoms with Gasteiger partial charge in [-0.25, -0.2) is 29.0 Å². The molecule has 1 amide bonds. The summed E-state index contributed by atoms with van der Waals surface area (Å²) in [5, 5.41) is 10.7. The quantitative estimate of drug-likeness (QED) is 0.405. The highest BCUT2D eigenvalue weighted by Crippen LogP contribution is 2.29. The van der Waals surface area contributed by atoms with Crippen molar-refractivity contribution in [3.63, 3.8) is 0 Å². The van der Waals surface area contributed by atoms with Crippen LogP contribution in [0.2, 0.25) is 0 Å².